The van der Waals surface area contributed by atoms with Gasteiger partial charge in [-0.25, -0.2) is 10.5 Å². The number of nitrogens with zero attached hydrogens (tertiary/aromatic N) is 2. The lowest BCUT2D eigenvalue weighted by Crippen LogP contribution is -2.29. The van der Waals surface area contributed by atoms with E-state index >= 15 is 0 Å². The van der Waals surface area contributed by atoms with Crippen LogP contribution in [0.5, 0.6) is 0 Å². The van der Waals surface area contributed by atoms with Gasteiger partial charge in [-0.2, -0.15) is 0 Å². The van der Waals surface area contributed by atoms with Gasteiger partial charge in [-0.1, -0.05) is 73.5 Å². The Kier molecular flexibility index (Phi) is 8.55. The van der Waals surface area contributed by atoms with Crippen molar-refractivity contribution in [3.05, 3.63) is 108 Å². The summed E-state index contributed by atoms with van der Waals surface area (Å²) in [5.74, 6) is 0.371. The Morgan fingerprint density at radius 3 is 2.59 bits per heavy atom. The second-order valence-corrected chi connectivity index (χ2v) is 9.47. The Morgan fingerprint density at radius 1 is 0.897 bits per heavy atom. The average Bonchev–Trinajstić information content (AvgIpc) is 3.42. The van der Waals surface area contributed by atoms with Gasteiger partial charge in [-0.3, -0.25) is 19.4 Å². The van der Waals surface area contributed by atoms with Crippen LogP contribution in [-0.4, -0.2) is 26.8 Å². The molecule has 0 saturated heterocycles. The van der Waals surface area contributed by atoms with Gasteiger partial charge in [-0.05, 0) is 42.0 Å². The van der Waals surface area contributed by atoms with Crippen LogP contribution in [0.2, 0.25) is 0 Å². The molecule has 1 unspecified atom stereocenters. The molecule has 0 aliphatic rings. The second-order valence-electron chi connectivity index (χ2n) is 9.47. The third-order valence-corrected chi connectivity index (χ3v) is 6.62. The van der Waals surface area contributed by atoms with E-state index < -0.39 is 0 Å². The fourth-order valence-electron chi connectivity index (χ4n) is 4.58. The number of hydrogen-bond acceptors (Lipinski definition) is 5. The molecule has 0 bridgehead atoms. The number of amides is 2. The van der Waals surface area contributed by atoms with Crippen molar-refractivity contribution in [3.63, 3.8) is 0 Å². The van der Waals surface area contributed by atoms with Gasteiger partial charge >= 0.3 is 0 Å². The summed E-state index contributed by atoms with van der Waals surface area (Å²) in [5, 5.41) is 5.31. The lowest BCUT2D eigenvalue weighted by Gasteiger charge is -2.17. The first-order chi connectivity index (χ1) is 19.2. The number of aromatic nitrogens is 3. The summed E-state index contributed by atoms with van der Waals surface area (Å²) in [6.07, 6.45) is 6.60. The number of imidazole rings is 1. The summed E-state index contributed by atoms with van der Waals surface area (Å²) in [6.45, 7) is 0.331. The van der Waals surface area contributed by atoms with Crippen LogP contribution in [0.4, 0.5) is 0 Å². The van der Waals surface area contributed by atoms with Crippen LogP contribution < -0.4 is 10.8 Å². The zero-order chi connectivity index (χ0) is 26.9. The van der Waals surface area contributed by atoms with E-state index in [1.807, 2.05) is 48.5 Å². The van der Waals surface area contributed by atoms with E-state index in [9.17, 15) is 9.59 Å². The molecular formula is C31H31N5O3. The molecule has 3 aromatic carbocycles. The lowest BCUT2D eigenvalue weighted by molar-refractivity contribution is -0.134. The van der Waals surface area contributed by atoms with E-state index in [1.165, 1.54) is 0 Å². The molecule has 2 aromatic heterocycles. The van der Waals surface area contributed by atoms with Gasteiger partial charge in [0, 0.05) is 24.2 Å². The molecule has 8 nitrogen and oxygen atoms in total. The number of aromatic amines is 1. The number of H-pyrrole nitrogens is 1. The van der Waals surface area contributed by atoms with Crippen LogP contribution in [0.3, 0.4) is 0 Å². The predicted molar refractivity (Wildman–Crippen MR) is 151 cm³/mol. The van der Waals surface area contributed by atoms with E-state index in [1.54, 1.807) is 24.5 Å². The number of unbranched alkanes of at least 4 members (excludes halogenated alkanes) is 2. The first-order valence-corrected chi connectivity index (χ1v) is 13.2. The van der Waals surface area contributed by atoms with Crippen molar-refractivity contribution < 1.29 is 14.4 Å². The minimum atomic E-state index is -0.313. The average molecular weight is 522 g/mol. The Bertz CT molecular complexity index is 1540. The Balaban J connectivity index is 1.19. The number of carbonyl (C=O) groups excluding carboxylic acids is 2. The highest BCUT2D eigenvalue weighted by molar-refractivity contribution is 6.04. The number of hydroxylamine groups is 1. The van der Waals surface area contributed by atoms with Crippen molar-refractivity contribution >= 4 is 33.6 Å². The summed E-state index contributed by atoms with van der Waals surface area (Å²) in [6, 6.07) is 25.1. The second kappa shape index (κ2) is 12.8. The highest BCUT2D eigenvalue weighted by atomic mass is 16.6. The molecule has 1 atom stereocenters. The number of hydrogen-bond donors (Lipinski definition) is 3. The summed E-state index contributed by atoms with van der Waals surface area (Å²) in [7, 11) is 0. The van der Waals surface area contributed by atoms with Crippen molar-refractivity contribution in [2.24, 2.45) is 0 Å². The molecule has 0 aliphatic carbocycles. The number of carbonyl (C=O) groups is 2. The number of nitrogens with one attached hydrogen (secondary N) is 3. The van der Waals surface area contributed by atoms with Gasteiger partial charge in [-0.15, -0.1) is 0 Å². The maximum Gasteiger partial charge on any atom is 0.253 e. The maximum absolute atomic E-state index is 13.0. The summed E-state index contributed by atoms with van der Waals surface area (Å²) in [5.41, 5.74) is 5.82. The first-order valence-electron chi connectivity index (χ1n) is 13.2. The molecule has 0 radical (unpaired) electrons. The summed E-state index contributed by atoms with van der Waals surface area (Å²) in [4.78, 5) is 42.8. The van der Waals surface area contributed by atoms with Crippen molar-refractivity contribution in [3.8, 4) is 0 Å². The van der Waals surface area contributed by atoms with E-state index in [-0.39, 0.29) is 17.9 Å². The zero-order valence-electron chi connectivity index (χ0n) is 21.6. The Hall–Kier alpha value is -4.56. The minimum absolute atomic E-state index is 0.142. The SMILES string of the molecule is O=C(CCCCCC(NC(=O)c1cccnc1)c1nc2c(ccc3ccccc32)[nH]1)NOCc1ccccc1. The number of rotatable bonds is 12. The topological polar surface area (TPSA) is 109 Å². The van der Waals surface area contributed by atoms with Crippen molar-refractivity contribution in [2.45, 2.75) is 44.8 Å². The quantitative estimate of drug-likeness (QED) is 0.142. The maximum atomic E-state index is 13.0. The smallest absolute Gasteiger partial charge is 0.253 e. The molecule has 3 N–H and O–H groups in total. The fourth-order valence-corrected chi connectivity index (χ4v) is 4.58. The standard InChI is InChI=1S/C31H31N5O3/c37-28(36-39-21-22-10-3-1-4-11-22)16-6-2-5-15-27(34-31(38)24-13-9-19-32-20-24)30-33-26-18-17-23-12-7-8-14-25(23)29(26)35-30/h1,3-4,7-14,17-20,27H,2,5-6,15-16,21H2,(H,33,35)(H,34,38)(H,36,37). The molecule has 2 amide bonds. The Morgan fingerprint density at radius 2 is 1.74 bits per heavy atom. The van der Waals surface area contributed by atoms with Crippen LogP contribution in [0.15, 0.2) is 91.3 Å². The summed E-state index contributed by atoms with van der Waals surface area (Å²) < 4.78 is 0. The van der Waals surface area contributed by atoms with Crippen LogP contribution >= 0.6 is 0 Å². The van der Waals surface area contributed by atoms with E-state index in [0.29, 0.717) is 37.3 Å². The molecule has 198 valence electrons. The van der Waals surface area contributed by atoms with Gasteiger partial charge in [0.25, 0.3) is 5.91 Å². The van der Waals surface area contributed by atoms with Crippen LogP contribution in [0.25, 0.3) is 21.8 Å². The largest absolute Gasteiger partial charge is 0.342 e. The highest BCUT2D eigenvalue weighted by Crippen LogP contribution is 2.27. The number of fused-ring (bicyclic) bond motifs is 3. The van der Waals surface area contributed by atoms with E-state index in [2.05, 4.69) is 39.0 Å². The van der Waals surface area contributed by atoms with Gasteiger partial charge in [0.05, 0.1) is 29.2 Å². The molecule has 0 fully saturated rings. The van der Waals surface area contributed by atoms with Crippen molar-refractivity contribution in [2.75, 3.05) is 0 Å². The number of pyridine rings is 1. The van der Waals surface area contributed by atoms with E-state index in [4.69, 9.17) is 9.82 Å². The van der Waals surface area contributed by atoms with Gasteiger partial charge in [0.2, 0.25) is 5.91 Å². The fraction of sp³-hybridized carbons (Fsp3) is 0.226. The highest BCUT2D eigenvalue weighted by Gasteiger charge is 2.20. The van der Waals surface area contributed by atoms with Crippen LogP contribution in [0.1, 0.15) is 59.9 Å². The van der Waals surface area contributed by atoms with Gasteiger partial charge in [0.1, 0.15) is 5.82 Å². The van der Waals surface area contributed by atoms with E-state index in [0.717, 1.165) is 40.2 Å². The van der Waals surface area contributed by atoms with Crippen molar-refractivity contribution in [1.29, 1.82) is 0 Å². The minimum Gasteiger partial charge on any atom is -0.342 e. The molecule has 8 heteroatoms. The van der Waals surface area contributed by atoms with Crippen LogP contribution in [-0.2, 0) is 16.2 Å². The zero-order valence-corrected chi connectivity index (χ0v) is 21.6. The molecule has 5 aromatic rings. The monoisotopic (exact) mass is 521 g/mol. The molecule has 5 rings (SSSR count). The molecule has 39 heavy (non-hydrogen) atoms. The number of benzene rings is 3. The van der Waals surface area contributed by atoms with Crippen LogP contribution in [0, 0.1) is 0 Å². The Labute approximate surface area is 226 Å². The van der Waals surface area contributed by atoms with Gasteiger partial charge in [0.15, 0.2) is 0 Å². The molecule has 0 aliphatic heterocycles. The summed E-state index contributed by atoms with van der Waals surface area (Å²) >= 11 is 0. The van der Waals surface area contributed by atoms with Gasteiger partial charge < -0.3 is 10.3 Å². The first kappa shape index (κ1) is 26.1. The third-order valence-electron chi connectivity index (χ3n) is 6.62. The molecular weight excluding hydrogens is 490 g/mol. The lowest BCUT2D eigenvalue weighted by atomic mass is 10.1. The normalized spacial score (nSPS) is 11.9. The van der Waals surface area contributed by atoms with Crippen molar-refractivity contribution in [1.82, 2.24) is 25.7 Å². The predicted octanol–water partition coefficient (Wildman–Crippen LogP) is 5.78. The molecule has 2 heterocycles. The molecule has 0 spiro atoms. The molecule has 0 saturated carbocycles. The third kappa shape index (κ3) is 6.86.